The molecule has 1 amide bonds. The first-order valence-electron chi connectivity index (χ1n) is 5.20. The van der Waals surface area contributed by atoms with Gasteiger partial charge in [0.05, 0.1) is 4.88 Å². The molecule has 1 heterocycles. The third kappa shape index (κ3) is 2.70. The molecule has 2 rings (SSSR count). The minimum Gasteiger partial charge on any atom is -0.398 e. The summed E-state index contributed by atoms with van der Waals surface area (Å²) in [6, 6.07) is 2.40. The van der Waals surface area contributed by atoms with Crippen LogP contribution in [-0.2, 0) is 0 Å². The smallest absolute Gasteiger partial charge is 0.265 e. The van der Waals surface area contributed by atoms with E-state index in [1.54, 1.807) is 6.92 Å². The molecular formula is C12H9F3N2OS. The minimum atomic E-state index is -1.17. The molecule has 0 aliphatic carbocycles. The Morgan fingerprint density at radius 3 is 2.26 bits per heavy atom. The Balaban J connectivity index is 2.29. The quantitative estimate of drug-likeness (QED) is 0.890. The number of benzene rings is 1. The number of nitrogen functional groups attached to an aromatic ring is 1. The van der Waals surface area contributed by atoms with Crippen molar-refractivity contribution in [3.05, 3.63) is 45.4 Å². The Hall–Kier alpha value is -2.02. The molecule has 0 fully saturated rings. The third-order valence-corrected chi connectivity index (χ3v) is 3.49. The molecule has 0 spiro atoms. The van der Waals surface area contributed by atoms with E-state index in [1.807, 2.05) is 0 Å². The summed E-state index contributed by atoms with van der Waals surface area (Å²) in [4.78, 5) is 12.7. The lowest BCUT2D eigenvalue weighted by molar-refractivity contribution is 0.102. The van der Waals surface area contributed by atoms with Crippen LogP contribution in [0.4, 0.5) is 24.5 Å². The molecule has 7 heteroatoms. The number of halogens is 3. The van der Waals surface area contributed by atoms with Crippen molar-refractivity contribution in [3.63, 3.8) is 0 Å². The van der Waals surface area contributed by atoms with Crippen LogP contribution in [-0.4, -0.2) is 5.91 Å². The predicted octanol–water partition coefficient (Wildman–Crippen LogP) is 3.31. The highest BCUT2D eigenvalue weighted by molar-refractivity contribution is 7.14. The molecule has 0 unspecified atom stereocenters. The second-order valence-corrected chi connectivity index (χ2v) is 5.08. The van der Waals surface area contributed by atoms with Gasteiger partial charge in [-0.25, -0.2) is 13.2 Å². The van der Waals surface area contributed by atoms with Gasteiger partial charge in [-0.3, -0.25) is 4.79 Å². The van der Waals surface area contributed by atoms with Crippen LogP contribution in [0.3, 0.4) is 0 Å². The minimum absolute atomic E-state index is 0.220. The van der Waals surface area contributed by atoms with Gasteiger partial charge < -0.3 is 11.1 Å². The Labute approximate surface area is 110 Å². The third-order valence-electron chi connectivity index (χ3n) is 2.43. The Kier molecular flexibility index (Phi) is 3.48. The van der Waals surface area contributed by atoms with E-state index in [1.165, 1.54) is 6.07 Å². The van der Waals surface area contributed by atoms with E-state index < -0.39 is 29.0 Å². The maximum absolute atomic E-state index is 13.4. The Bertz CT molecular complexity index is 612. The summed E-state index contributed by atoms with van der Waals surface area (Å²) < 4.78 is 39.4. The number of carbonyl (C=O) groups excluding carboxylic acids is 1. The van der Waals surface area contributed by atoms with Crippen LogP contribution in [0, 0.1) is 24.4 Å². The number of anilines is 2. The molecule has 2 aromatic rings. The van der Waals surface area contributed by atoms with E-state index >= 15 is 0 Å². The van der Waals surface area contributed by atoms with E-state index in [2.05, 4.69) is 5.32 Å². The molecule has 3 nitrogen and oxygen atoms in total. The highest BCUT2D eigenvalue weighted by Gasteiger charge is 2.17. The fourth-order valence-electron chi connectivity index (χ4n) is 1.44. The molecule has 0 saturated carbocycles. The zero-order valence-corrected chi connectivity index (χ0v) is 10.6. The number of rotatable bonds is 2. The number of hydrogen-bond donors (Lipinski definition) is 2. The van der Waals surface area contributed by atoms with Crippen LogP contribution in [0.15, 0.2) is 18.2 Å². The zero-order chi connectivity index (χ0) is 14.2. The summed E-state index contributed by atoms with van der Waals surface area (Å²) in [5, 5.41) is 2.06. The van der Waals surface area contributed by atoms with Crippen molar-refractivity contribution in [3.8, 4) is 0 Å². The average Bonchev–Trinajstić information content (AvgIpc) is 2.64. The summed E-state index contributed by atoms with van der Waals surface area (Å²) in [7, 11) is 0. The van der Waals surface area contributed by atoms with Crippen molar-refractivity contribution < 1.29 is 18.0 Å². The van der Waals surface area contributed by atoms with Gasteiger partial charge in [-0.05, 0) is 13.0 Å². The van der Waals surface area contributed by atoms with Crippen LogP contribution < -0.4 is 11.1 Å². The second-order valence-electron chi connectivity index (χ2n) is 3.82. The number of thiophene rings is 1. The fraction of sp³-hybridized carbons (Fsp3) is 0.0833. The Morgan fingerprint density at radius 1 is 1.21 bits per heavy atom. The molecule has 0 radical (unpaired) electrons. The lowest BCUT2D eigenvalue weighted by Crippen LogP contribution is -2.13. The average molecular weight is 286 g/mol. The summed E-state index contributed by atoms with van der Waals surface area (Å²) >= 11 is 1.10. The molecule has 1 aromatic heterocycles. The van der Waals surface area contributed by atoms with Crippen molar-refractivity contribution in [1.82, 2.24) is 0 Å². The van der Waals surface area contributed by atoms with Crippen LogP contribution >= 0.6 is 11.3 Å². The summed E-state index contributed by atoms with van der Waals surface area (Å²) in [6.07, 6.45) is 0. The molecule has 1 aromatic carbocycles. The van der Waals surface area contributed by atoms with E-state index in [0.717, 1.165) is 16.2 Å². The first-order chi connectivity index (χ1) is 8.88. The molecule has 100 valence electrons. The highest BCUT2D eigenvalue weighted by Crippen LogP contribution is 2.26. The lowest BCUT2D eigenvalue weighted by atomic mass is 10.2. The zero-order valence-electron chi connectivity index (χ0n) is 9.76. The first kappa shape index (κ1) is 13.4. The number of carbonyl (C=O) groups is 1. The van der Waals surface area contributed by atoms with Gasteiger partial charge in [-0.1, -0.05) is 0 Å². The molecular weight excluding hydrogens is 277 g/mol. The van der Waals surface area contributed by atoms with Crippen molar-refractivity contribution in [2.75, 3.05) is 11.1 Å². The topological polar surface area (TPSA) is 55.1 Å². The lowest BCUT2D eigenvalue weighted by Gasteiger charge is -2.06. The van der Waals surface area contributed by atoms with Crippen LogP contribution in [0.25, 0.3) is 0 Å². The van der Waals surface area contributed by atoms with Gasteiger partial charge in [-0.2, -0.15) is 0 Å². The van der Waals surface area contributed by atoms with E-state index in [9.17, 15) is 18.0 Å². The number of amides is 1. The molecule has 0 aliphatic heterocycles. The summed E-state index contributed by atoms with van der Waals surface area (Å²) in [5.41, 5.74) is 5.33. The molecule has 0 atom stereocenters. The van der Waals surface area contributed by atoms with Crippen molar-refractivity contribution in [2.45, 2.75) is 6.92 Å². The number of hydrogen-bond acceptors (Lipinski definition) is 3. The standard InChI is InChI=1S/C12H9F3N2OS/c1-5-9(16)4-10(19-5)12(18)17-11-7(14)2-6(13)3-8(11)15/h2-4H,16H2,1H3,(H,17,18). The van der Waals surface area contributed by atoms with Crippen LogP contribution in [0.2, 0.25) is 0 Å². The van der Waals surface area contributed by atoms with Gasteiger partial charge in [0.1, 0.15) is 11.5 Å². The van der Waals surface area contributed by atoms with E-state index in [-0.39, 0.29) is 4.88 Å². The highest BCUT2D eigenvalue weighted by atomic mass is 32.1. The van der Waals surface area contributed by atoms with Gasteiger partial charge >= 0.3 is 0 Å². The molecule has 0 saturated heterocycles. The van der Waals surface area contributed by atoms with Gasteiger partial charge in [0, 0.05) is 22.7 Å². The normalized spacial score (nSPS) is 10.5. The largest absolute Gasteiger partial charge is 0.398 e. The van der Waals surface area contributed by atoms with Gasteiger partial charge in [0.15, 0.2) is 11.6 Å². The molecule has 0 aliphatic rings. The maximum Gasteiger partial charge on any atom is 0.265 e. The van der Waals surface area contributed by atoms with Crippen LogP contribution in [0.5, 0.6) is 0 Å². The maximum atomic E-state index is 13.4. The van der Waals surface area contributed by atoms with Gasteiger partial charge in [-0.15, -0.1) is 11.3 Å². The van der Waals surface area contributed by atoms with Crippen molar-refractivity contribution >= 4 is 28.6 Å². The van der Waals surface area contributed by atoms with Gasteiger partial charge in [0.2, 0.25) is 0 Å². The molecule has 19 heavy (non-hydrogen) atoms. The van der Waals surface area contributed by atoms with Gasteiger partial charge in [0.25, 0.3) is 5.91 Å². The SMILES string of the molecule is Cc1sc(C(=O)Nc2c(F)cc(F)cc2F)cc1N. The second kappa shape index (κ2) is 4.93. The first-order valence-corrected chi connectivity index (χ1v) is 6.02. The molecule has 3 N–H and O–H groups in total. The van der Waals surface area contributed by atoms with Crippen LogP contribution in [0.1, 0.15) is 14.5 Å². The number of aryl methyl sites for hydroxylation is 1. The van der Waals surface area contributed by atoms with E-state index in [0.29, 0.717) is 17.8 Å². The summed E-state index contributed by atoms with van der Waals surface area (Å²) in [5.74, 6) is -4.10. The fourth-order valence-corrected chi connectivity index (χ4v) is 2.28. The summed E-state index contributed by atoms with van der Waals surface area (Å²) in [6.45, 7) is 1.72. The predicted molar refractivity (Wildman–Crippen MR) is 67.7 cm³/mol. The monoisotopic (exact) mass is 286 g/mol. The van der Waals surface area contributed by atoms with E-state index in [4.69, 9.17) is 5.73 Å². The Morgan fingerprint density at radius 2 is 1.79 bits per heavy atom. The molecule has 0 bridgehead atoms. The number of nitrogens with two attached hydrogens (primary N) is 1. The number of nitrogens with one attached hydrogen (secondary N) is 1. The van der Waals surface area contributed by atoms with Crippen molar-refractivity contribution in [1.29, 1.82) is 0 Å². The van der Waals surface area contributed by atoms with Crippen molar-refractivity contribution in [2.24, 2.45) is 0 Å².